The average Bonchev–Trinajstić information content (AvgIpc) is 3.38. The Kier molecular flexibility index (Phi) is 7.85. The molecule has 36 heavy (non-hydrogen) atoms. The number of methoxy groups -OCH3 is 2. The minimum atomic E-state index is -3.59. The van der Waals surface area contributed by atoms with Crippen LogP contribution < -0.4 is 14.8 Å². The van der Waals surface area contributed by atoms with E-state index in [1.807, 2.05) is 6.92 Å². The van der Waals surface area contributed by atoms with Gasteiger partial charge in [0.25, 0.3) is 0 Å². The number of nitrogens with zero attached hydrogens (tertiary/aromatic N) is 2. The second-order valence-corrected chi connectivity index (χ2v) is 11.2. The Morgan fingerprint density at radius 2 is 1.53 bits per heavy atom. The molecule has 2 fully saturated rings. The van der Waals surface area contributed by atoms with Crippen molar-refractivity contribution in [1.29, 1.82) is 0 Å². The van der Waals surface area contributed by atoms with Crippen LogP contribution in [0.4, 0.5) is 5.69 Å². The fraction of sp³-hybridized carbons (Fsp3) is 0.462. The minimum Gasteiger partial charge on any atom is -0.497 e. The van der Waals surface area contributed by atoms with Gasteiger partial charge in [0.15, 0.2) is 0 Å². The molecule has 10 heteroatoms. The monoisotopic (exact) mass is 515 g/mol. The number of carbonyl (C=O) groups excluding carboxylic acids is 2. The van der Waals surface area contributed by atoms with Crippen LogP contribution in [-0.2, 0) is 19.6 Å². The van der Waals surface area contributed by atoms with Gasteiger partial charge in [0.1, 0.15) is 17.5 Å². The van der Waals surface area contributed by atoms with Gasteiger partial charge in [0.2, 0.25) is 21.8 Å². The summed E-state index contributed by atoms with van der Waals surface area (Å²) in [6, 6.07) is 11.3. The highest BCUT2D eigenvalue weighted by Crippen LogP contribution is 2.30. The minimum absolute atomic E-state index is 0.0803. The van der Waals surface area contributed by atoms with E-state index in [0.29, 0.717) is 43.0 Å². The molecule has 2 aromatic carbocycles. The maximum Gasteiger partial charge on any atom is 0.247 e. The molecule has 0 radical (unpaired) electrons. The topological polar surface area (TPSA) is 105 Å². The van der Waals surface area contributed by atoms with Crippen molar-refractivity contribution in [3.8, 4) is 11.5 Å². The Hall–Kier alpha value is -3.11. The number of likely N-dealkylation sites (tertiary alicyclic amines) is 1. The third-order valence-electron chi connectivity index (χ3n) is 6.92. The van der Waals surface area contributed by atoms with Crippen molar-refractivity contribution in [2.24, 2.45) is 5.92 Å². The normalized spacial score (nSPS) is 19.2. The van der Waals surface area contributed by atoms with Crippen molar-refractivity contribution >= 4 is 27.5 Å². The van der Waals surface area contributed by atoms with Gasteiger partial charge in [0.05, 0.1) is 19.1 Å². The summed E-state index contributed by atoms with van der Waals surface area (Å²) in [5, 5.41) is 2.89. The highest BCUT2D eigenvalue weighted by atomic mass is 32.2. The van der Waals surface area contributed by atoms with Crippen molar-refractivity contribution in [2.45, 2.75) is 43.5 Å². The second-order valence-electron chi connectivity index (χ2n) is 9.27. The van der Waals surface area contributed by atoms with Gasteiger partial charge < -0.3 is 19.7 Å². The molecular formula is C26H33N3O6S. The van der Waals surface area contributed by atoms with Crippen LogP contribution >= 0.6 is 0 Å². The molecule has 2 aliphatic rings. The number of benzene rings is 2. The third-order valence-corrected chi connectivity index (χ3v) is 8.83. The summed E-state index contributed by atoms with van der Waals surface area (Å²) in [7, 11) is -0.520. The molecule has 2 aliphatic heterocycles. The molecule has 2 heterocycles. The molecule has 0 aliphatic carbocycles. The van der Waals surface area contributed by atoms with E-state index in [2.05, 4.69) is 5.32 Å². The first-order chi connectivity index (χ1) is 17.2. The van der Waals surface area contributed by atoms with Crippen molar-refractivity contribution < 1.29 is 27.5 Å². The van der Waals surface area contributed by atoms with Crippen LogP contribution in [0.25, 0.3) is 0 Å². The lowest BCUT2D eigenvalue weighted by Crippen LogP contribution is -2.48. The molecule has 1 N–H and O–H groups in total. The smallest absolute Gasteiger partial charge is 0.247 e. The van der Waals surface area contributed by atoms with E-state index in [0.717, 1.165) is 12.0 Å². The summed E-state index contributed by atoms with van der Waals surface area (Å²) in [5.74, 6) is 0.464. The number of nitrogens with one attached hydrogen (secondary N) is 1. The lowest BCUT2D eigenvalue weighted by molar-refractivity contribution is -0.141. The number of aryl methyl sites for hydroxylation is 1. The summed E-state index contributed by atoms with van der Waals surface area (Å²) in [4.78, 5) is 28.4. The van der Waals surface area contributed by atoms with Crippen molar-refractivity contribution in [3.63, 3.8) is 0 Å². The third kappa shape index (κ3) is 5.49. The van der Waals surface area contributed by atoms with Crippen LogP contribution in [-0.4, -0.2) is 69.3 Å². The Morgan fingerprint density at radius 1 is 0.917 bits per heavy atom. The molecule has 9 nitrogen and oxygen atoms in total. The number of anilines is 1. The van der Waals surface area contributed by atoms with Gasteiger partial charge in [0, 0.05) is 49.4 Å². The van der Waals surface area contributed by atoms with Crippen LogP contribution in [0.3, 0.4) is 0 Å². The van der Waals surface area contributed by atoms with Crippen molar-refractivity contribution in [2.75, 3.05) is 39.2 Å². The van der Waals surface area contributed by atoms with E-state index in [4.69, 9.17) is 9.47 Å². The molecule has 1 atom stereocenters. The fourth-order valence-corrected chi connectivity index (χ4v) is 6.31. The number of ether oxygens (including phenoxy) is 2. The number of rotatable bonds is 7. The summed E-state index contributed by atoms with van der Waals surface area (Å²) in [6.45, 7) is 2.98. The number of piperidine rings is 1. The largest absolute Gasteiger partial charge is 0.497 e. The van der Waals surface area contributed by atoms with Gasteiger partial charge in [-0.1, -0.05) is 17.7 Å². The molecule has 4 rings (SSSR count). The molecule has 0 saturated carbocycles. The molecule has 0 aromatic heterocycles. The Balaban J connectivity index is 1.38. The predicted molar refractivity (Wildman–Crippen MR) is 136 cm³/mol. The van der Waals surface area contributed by atoms with Gasteiger partial charge in [-0.25, -0.2) is 8.42 Å². The van der Waals surface area contributed by atoms with E-state index in [-0.39, 0.29) is 35.7 Å². The Labute approximate surface area is 212 Å². The summed E-state index contributed by atoms with van der Waals surface area (Å²) >= 11 is 0. The van der Waals surface area contributed by atoms with Crippen molar-refractivity contribution in [1.82, 2.24) is 9.21 Å². The molecule has 1 unspecified atom stereocenters. The number of sulfonamides is 1. The molecule has 2 aromatic rings. The van der Waals surface area contributed by atoms with Crippen LogP contribution in [0.2, 0.25) is 0 Å². The number of hydrogen-bond donors (Lipinski definition) is 1. The van der Waals surface area contributed by atoms with Gasteiger partial charge in [-0.2, -0.15) is 4.31 Å². The Bertz CT molecular complexity index is 1180. The molecule has 2 amide bonds. The second kappa shape index (κ2) is 10.9. The quantitative estimate of drug-likeness (QED) is 0.608. The molecule has 0 spiro atoms. The zero-order valence-corrected chi connectivity index (χ0v) is 21.7. The summed E-state index contributed by atoms with van der Waals surface area (Å²) < 4.78 is 38.0. The Morgan fingerprint density at radius 3 is 2.11 bits per heavy atom. The average molecular weight is 516 g/mol. The number of amides is 2. The SMILES string of the molecule is COc1cc(NC(=O)C2CCCN2C(=O)C2CCN(S(=O)(=O)c3ccc(C)cc3)CC2)cc(OC)c1. The summed E-state index contributed by atoms with van der Waals surface area (Å²) in [6.07, 6.45) is 2.19. The standard InChI is InChI=1S/C26H33N3O6S/c1-18-6-8-23(9-7-18)36(32,33)28-13-10-19(11-14-28)26(31)29-12-4-5-24(29)25(30)27-20-15-21(34-2)17-22(16-20)35-3/h6-9,15-17,19,24H,4-5,10-14H2,1-3H3,(H,27,30). The molecule has 0 bridgehead atoms. The van der Waals surface area contributed by atoms with E-state index in [9.17, 15) is 18.0 Å². The van der Waals surface area contributed by atoms with E-state index in [1.165, 1.54) is 18.5 Å². The first-order valence-corrected chi connectivity index (χ1v) is 13.6. The van der Waals surface area contributed by atoms with E-state index < -0.39 is 16.1 Å². The van der Waals surface area contributed by atoms with E-state index >= 15 is 0 Å². The summed E-state index contributed by atoms with van der Waals surface area (Å²) in [5.41, 5.74) is 1.53. The zero-order chi connectivity index (χ0) is 25.9. The maximum atomic E-state index is 13.4. The first kappa shape index (κ1) is 26.0. The lowest BCUT2D eigenvalue weighted by Gasteiger charge is -2.34. The van der Waals surface area contributed by atoms with Crippen molar-refractivity contribution in [3.05, 3.63) is 48.0 Å². The fourth-order valence-electron chi connectivity index (χ4n) is 4.85. The first-order valence-electron chi connectivity index (χ1n) is 12.1. The van der Waals surface area contributed by atoms with Gasteiger partial charge in [-0.15, -0.1) is 0 Å². The van der Waals surface area contributed by atoms with Gasteiger partial charge in [-0.3, -0.25) is 9.59 Å². The highest BCUT2D eigenvalue weighted by Gasteiger charge is 2.39. The molecule has 2 saturated heterocycles. The van der Waals surface area contributed by atoms with E-state index in [1.54, 1.807) is 47.4 Å². The lowest BCUT2D eigenvalue weighted by atomic mass is 9.96. The number of hydrogen-bond acceptors (Lipinski definition) is 6. The zero-order valence-electron chi connectivity index (χ0n) is 20.9. The predicted octanol–water partition coefficient (Wildman–Crippen LogP) is 3.04. The van der Waals surface area contributed by atoms with Gasteiger partial charge >= 0.3 is 0 Å². The molecule has 194 valence electrons. The van der Waals surface area contributed by atoms with Crippen LogP contribution in [0.15, 0.2) is 47.4 Å². The van der Waals surface area contributed by atoms with Crippen LogP contribution in [0.5, 0.6) is 11.5 Å². The maximum absolute atomic E-state index is 13.4. The highest BCUT2D eigenvalue weighted by molar-refractivity contribution is 7.89. The van der Waals surface area contributed by atoms with Gasteiger partial charge in [-0.05, 0) is 44.7 Å². The van der Waals surface area contributed by atoms with Crippen LogP contribution in [0.1, 0.15) is 31.2 Å². The molecular weight excluding hydrogens is 482 g/mol. The van der Waals surface area contributed by atoms with Crippen LogP contribution in [0, 0.1) is 12.8 Å². The number of carbonyl (C=O) groups is 2.